The van der Waals surface area contributed by atoms with Gasteiger partial charge in [-0.05, 0) is 12.1 Å². The van der Waals surface area contributed by atoms with Crippen LogP contribution in [0.4, 0.5) is 10.1 Å². The van der Waals surface area contributed by atoms with Crippen molar-refractivity contribution in [3.8, 4) is 0 Å². The Morgan fingerprint density at radius 1 is 1.42 bits per heavy atom. The van der Waals surface area contributed by atoms with Gasteiger partial charge in [0, 0.05) is 11.6 Å². The van der Waals surface area contributed by atoms with Crippen molar-refractivity contribution in [1.29, 1.82) is 0 Å². The fourth-order valence-corrected chi connectivity index (χ4v) is 2.71. The van der Waals surface area contributed by atoms with E-state index in [1.807, 2.05) is 0 Å². The van der Waals surface area contributed by atoms with Crippen LogP contribution in [0.25, 0.3) is 0 Å². The Bertz CT molecular complexity index is 539. The monoisotopic (exact) mass is 312 g/mol. The lowest BCUT2D eigenvalue weighted by atomic mass is 10.3. The van der Waals surface area contributed by atoms with E-state index in [1.54, 1.807) is 0 Å². The van der Waals surface area contributed by atoms with Crippen LogP contribution in [0.3, 0.4) is 0 Å². The second-order valence-electron chi connectivity index (χ2n) is 3.54. The van der Waals surface area contributed by atoms with Crippen molar-refractivity contribution in [1.82, 2.24) is 4.72 Å². The largest absolute Gasteiger partial charge is 0.396 e. The van der Waals surface area contributed by atoms with Gasteiger partial charge in [-0.3, -0.25) is 0 Å². The summed E-state index contributed by atoms with van der Waals surface area (Å²) in [7, 11) is -4.06. The number of sulfonamides is 1. The molecule has 1 rings (SSSR count). The average molecular weight is 313 g/mol. The van der Waals surface area contributed by atoms with Crippen LogP contribution in [0.2, 0.25) is 5.02 Å². The van der Waals surface area contributed by atoms with Crippen molar-refractivity contribution in [2.75, 3.05) is 32.1 Å². The summed E-state index contributed by atoms with van der Waals surface area (Å²) in [5.41, 5.74) is 4.97. The highest BCUT2D eigenvalue weighted by Crippen LogP contribution is 2.24. The van der Waals surface area contributed by atoms with Crippen molar-refractivity contribution in [3.05, 3.63) is 23.0 Å². The van der Waals surface area contributed by atoms with Gasteiger partial charge in [-0.1, -0.05) is 11.6 Å². The normalized spacial score (nSPS) is 11.7. The molecule has 4 N–H and O–H groups in total. The third kappa shape index (κ3) is 4.59. The van der Waals surface area contributed by atoms with Gasteiger partial charge in [-0.15, -0.1) is 0 Å². The van der Waals surface area contributed by atoms with Gasteiger partial charge in [-0.25, -0.2) is 17.5 Å². The zero-order valence-electron chi connectivity index (χ0n) is 9.90. The summed E-state index contributed by atoms with van der Waals surface area (Å²) in [6.45, 7) is -0.0714. The molecule has 0 heterocycles. The number of hydrogen-bond donors (Lipinski definition) is 3. The summed E-state index contributed by atoms with van der Waals surface area (Å²) >= 11 is 5.64. The first-order valence-corrected chi connectivity index (χ1v) is 7.17. The summed E-state index contributed by atoms with van der Waals surface area (Å²) < 4.78 is 44.3. The topological polar surface area (TPSA) is 102 Å². The predicted molar refractivity (Wildman–Crippen MR) is 68.9 cm³/mol. The fraction of sp³-hybridized carbons (Fsp3) is 0.400. The molecule has 0 atom stereocenters. The van der Waals surface area contributed by atoms with E-state index in [4.69, 9.17) is 27.2 Å². The van der Waals surface area contributed by atoms with Crippen LogP contribution < -0.4 is 10.5 Å². The van der Waals surface area contributed by atoms with E-state index in [0.717, 1.165) is 12.1 Å². The summed E-state index contributed by atoms with van der Waals surface area (Å²) in [6.07, 6.45) is 0. The summed E-state index contributed by atoms with van der Waals surface area (Å²) in [6, 6.07) is 2.10. The molecule has 0 unspecified atom stereocenters. The Hall–Kier alpha value is -0.930. The van der Waals surface area contributed by atoms with E-state index in [1.165, 1.54) is 0 Å². The molecule has 0 saturated carbocycles. The standard InChI is InChI=1S/C10H14ClFN2O4S/c11-7-5-8(13)10(12)9(6-7)19(16,17)14-1-3-18-4-2-15/h5-6,14-15H,1-4,13H2. The van der Waals surface area contributed by atoms with Crippen molar-refractivity contribution in [3.63, 3.8) is 0 Å². The minimum absolute atomic E-state index is 0.0239. The first kappa shape index (κ1) is 16.1. The van der Waals surface area contributed by atoms with Crippen LogP contribution in [0.5, 0.6) is 0 Å². The van der Waals surface area contributed by atoms with Crippen molar-refractivity contribution in [2.24, 2.45) is 0 Å². The average Bonchev–Trinajstić information content (AvgIpc) is 2.33. The van der Waals surface area contributed by atoms with E-state index in [2.05, 4.69) is 4.72 Å². The van der Waals surface area contributed by atoms with E-state index in [9.17, 15) is 12.8 Å². The molecule has 0 radical (unpaired) electrons. The Kier molecular flexibility index (Phi) is 5.95. The molecule has 0 bridgehead atoms. The Morgan fingerprint density at radius 3 is 2.74 bits per heavy atom. The second kappa shape index (κ2) is 7.01. The quantitative estimate of drug-likeness (QED) is 0.498. The minimum atomic E-state index is -4.06. The molecule has 0 aliphatic heterocycles. The number of benzene rings is 1. The molecule has 0 saturated heterocycles. The summed E-state index contributed by atoms with van der Waals surface area (Å²) in [5, 5.41) is 8.48. The van der Waals surface area contributed by atoms with E-state index < -0.39 is 20.7 Å². The molecule has 1 aromatic rings. The number of aliphatic hydroxyl groups excluding tert-OH is 1. The lowest BCUT2D eigenvalue weighted by molar-refractivity contribution is 0.0961. The maximum Gasteiger partial charge on any atom is 0.243 e. The number of nitrogens with two attached hydrogens (primary N) is 1. The van der Waals surface area contributed by atoms with Gasteiger partial charge in [0.25, 0.3) is 0 Å². The number of halogens is 2. The minimum Gasteiger partial charge on any atom is -0.396 e. The molecule has 6 nitrogen and oxygen atoms in total. The zero-order chi connectivity index (χ0) is 14.5. The van der Waals surface area contributed by atoms with Crippen LogP contribution in [0.1, 0.15) is 0 Å². The summed E-state index contributed by atoms with van der Waals surface area (Å²) in [5.74, 6) is -1.05. The van der Waals surface area contributed by atoms with Gasteiger partial charge in [0.1, 0.15) is 4.90 Å². The van der Waals surface area contributed by atoms with Crippen LogP contribution in [-0.2, 0) is 14.8 Å². The first-order chi connectivity index (χ1) is 8.88. The number of aliphatic hydroxyl groups is 1. The molecule has 0 aliphatic carbocycles. The van der Waals surface area contributed by atoms with Gasteiger partial charge in [0.05, 0.1) is 25.5 Å². The maximum atomic E-state index is 13.6. The molecule has 0 aromatic heterocycles. The molecule has 0 fully saturated rings. The smallest absolute Gasteiger partial charge is 0.243 e. The van der Waals surface area contributed by atoms with E-state index >= 15 is 0 Å². The van der Waals surface area contributed by atoms with Gasteiger partial charge >= 0.3 is 0 Å². The summed E-state index contributed by atoms with van der Waals surface area (Å²) in [4.78, 5) is -0.611. The highest BCUT2D eigenvalue weighted by atomic mass is 35.5. The Labute approximate surface area is 115 Å². The number of nitrogen functional groups attached to an aromatic ring is 1. The molecule has 1 aromatic carbocycles. The first-order valence-electron chi connectivity index (χ1n) is 5.31. The van der Waals surface area contributed by atoms with Gasteiger partial charge in [0.15, 0.2) is 5.82 Å². The number of anilines is 1. The lowest BCUT2D eigenvalue weighted by Crippen LogP contribution is -2.28. The number of nitrogens with one attached hydrogen (secondary N) is 1. The van der Waals surface area contributed by atoms with E-state index in [-0.39, 0.29) is 37.1 Å². The molecular formula is C10H14ClFN2O4S. The molecule has 0 amide bonds. The number of ether oxygens (including phenoxy) is 1. The Balaban J connectivity index is 2.78. The SMILES string of the molecule is Nc1cc(Cl)cc(S(=O)(=O)NCCOCCO)c1F. The van der Waals surface area contributed by atoms with Gasteiger partial charge in [0.2, 0.25) is 10.0 Å². The third-order valence-electron chi connectivity index (χ3n) is 2.10. The highest BCUT2D eigenvalue weighted by Gasteiger charge is 2.21. The molecule has 108 valence electrons. The maximum absolute atomic E-state index is 13.6. The Morgan fingerprint density at radius 2 is 2.11 bits per heavy atom. The highest BCUT2D eigenvalue weighted by molar-refractivity contribution is 7.89. The zero-order valence-corrected chi connectivity index (χ0v) is 11.5. The van der Waals surface area contributed by atoms with Gasteiger partial charge in [-0.2, -0.15) is 0 Å². The van der Waals surface area contributed by atoms with Crippen LogP contribution in [0, 0.1) is 5.82 Å². The van der Waals surface area contributed by atoms with Gasteiger partial charge < -0.3 is 15.6 Å². The molecule has 0 spiro atoms. The number of hydrogen-bond acceptors (Lipinski definition) is 5. The molecular weight excluding hydrogens is 299 g/mol. The molecule has 0 aliphatic rings. The second-order valence-corrected chi connectivity index (χ2v) is 5.71. The molecule has 19 heavy (non-hydrogen) atoms. The molecule has 9 heteroatoms. The van der Waals surface area contributed by atoms with Crippen molar-refractivity contribution in [2.45, 2.75) is 4.90 Å². The van der Waals surface area contributed by atoms with Crippen LogP contribution in [-0.4, -0.2) is 39.9 Å². The fourth-order valence-electron chi connectivity index (χ4n) is 1.27. The van der Waals surface area contributed by atoms with Crippen LogP contribution >= 0.6 is 11.6 Å². The van der Waals surface area contributed by atoms with Crippen molar-refractivity contribution < 1.29 is 22.7 Å². The predicted octanol–water partition coefficient (Wildman–Crippen LogP) is 0.349. The van der Waals surface area contributed by atoms with Crippen molar-refractivity contribution >= 4 is 27.3 Å². The third-order valence-corrected chi connectivity index (χ3v) is 3.77. The van der Waals surface area contributed by atoms with Crippen LogP contribution in [0.15, 0.2) is 17.0 Å². The van der Waals surface area contributed by atoms with E-state index in [0.29, 0.717) is 0 Å². The lowest BCUT2D eigenvalue weighted by Gasteiger charge is -2.09. The number of rotatable bonds is 7.